The van der Waals surface area contributed by atoms with Crippen molar-refractivity contribution in [2.24, 2.45) is 5.92 Å². The third-order valence-electron chi connectivity index (χ3n) is 2.56. The Hall–Kier alpha value is -0.960. The molecule has 1 heterocycles. The van der Waals surface area contributed by atoms with E-state index in [2.05, 4.69) is 10.2 Å². The van der Waals surface area contributed by atoms with E-state index in [9.17, 15) is 8.42 Å². The Morgan fingerprint density at radius 1 is 1.53 bits per heavy atom. The van der Waals surface area contributed by atoms with E-state index in [1.165, 1.54) is 17.6 Å². The SMILES string of the molecule is COCCN(CC(C)C)S(=O)(=O)c1[nH]ncc1CO. The summed E-state index contributed by atoms with van der Waals surface area (Å²) in [5.74, 6) is 0.187. The van der Waals surface area contributed by atoms with Crippen LogP contribution in [0.2, 0.25) is 0 Å². The van der Waals surface area contributed by atoms with Crippen molar-refractivity contribution in [3.05, 3.63) is 11.8 Å². The number of methoxy groups -OCH3 is 1. The molecule has 0 atom stereocenters. The largest absolute Gasteiger partial charge is 0.392 e. The Morgan fingerprint density at radius 2 is 2.21 bits per heavy atom. The smallest absolute Gasteiger partial charge is 0.260 e. The van der Waals surface area contributed by atoms with Crippen LogP contribution >= 0.6 is 0 Å². The van der Waals surface area contributed by atoms with Crippen molar-refractivity contribution >= 4 is 10.0 Å². The van der Waals surface area contributed by atoms with Gasteiger partial charge in [-0.2, -0.15) is 9.40 Å². The van der Waals surface area contributed by atoms with Crippen molar-refractivity contribution in [2.45, 2.75) is 25.5 Å². The number of hydrogen-bond donors (Lipinski definition) is 2. The summed E-state index contributed by atoms with van der Waals surface area (Å²) >= 11 is 0. The van der Waals surface area contributed by atoms with Gasteiger partial charge >= 0.3 is 0 Å². The zero-order valence-electron chi connectivity index (χ0n) is 11.5. The molecular formula is C11H21N3O4S. The maximum absolute atomic E-state index is 12.5. The molecule has 7 nitrogen and oxygen atoms in total. The van der Waals surface area contributed by atoms with Crippen LogP contribution in [0, 0.1) is 5.92 Å². The summed E-state index contributed by atoms with van der Waals surface area (Å²) in [6.45, 7) is 4.47. The molecule has 0 saturated heterocycles. The van der Waals surface area contributed by atoms with Crippen LogP contribution in [0.1, 0.15) is 19.4 Å². The van der Waals surface area contributed by atoms with Gasteiger partial charge in [0.05, 0.1) is 19.4 Å². The van der Waals surface area contributed by atoms with Gasteiger partial charge in [-0.05, 0) is 5.92 Å². The Kier molecular flexibility index (Phi) is 5.92. The molecule has 0 unspecified atom stereocenters. The quantitative estimate of drug-likeness (QED) is 0.713. The lowest BCUT2D eigenvalue weighted by molar-refractivity contribution is 0.175. The third-order valence-corrected chi connectivity index (χ3v) is 4.44. The van der Waals surface area contributed by atoms with E-state index in [0.29, 0.717) is 13.2 Å². The van der Waals surface area contributed by atoms with Crippen LogP contribution < -0.4 is 0 Å². The Balaban J connectivity index is 3.04. The molecule has 1 aromatic heterocycles. The topological polar surface area (TPSA) is 95.5 Å². The van der Waals surface area contributed by atoms with Gasteiger partial charge in [-0.15, -0.1) is 0 Å². The molecule has 0 amide bonds. The molecule has 0 fully saturated rings. The van der Waals surface area contributed by atoms with Crippen LogP contribution in [0.5, 0.6) is 0 Å². The summed E-state index contributed by atoms with van der Waals surface area (Å²) in [7, 11) is -2.17. The molecule has 8 heteroatoms. The van der Waals surface area contributed by atoms with Gasteiger partial charge in [0.25, 0.3) is 10.0 Å². The number of nitrogens with zero attached hydrogens (tertiary/aromatic N) is 2. The number of H-pyrrole nitrogens is 1. The molecule has 0 aliphatic heterocycles. The molecule has 1 rings (SSSR count). The number of aliphatic hydroxyl groups excluding tert-OH is 1. The lowest BCUT2D eigenvalue weighted by Crippen LogP contribution is -2.37. The molecule has 0 aromatic carbocycles. The summed E-state index contributed by atoms with van der Waals surface area (Å²) < 4.78 is 31.3. The van der Waals surface area contributed by atoms with Gasteiger partial charge in [-0.1, -0.05) is 13.8 Å². The fourth-order valence-electron chi connectivity index (χ4n) is 1.67. The van der Waals surface area contributed by atoms with Crippen LogP contribution in [0.15, 0.2) is 11.2 Å². The molecule has 2 N–H and O–H groups in total. The predicted molar refractivity (Wildman–Crippen MR) is 70.0 cm³/mol. The second-order valence-corrected chi connectivity index (χ2v) is 6.51. The van der Waals surface area contributed by atoms with Crippen LogP contribution in [0.3, 0.4) is 0 Å². The first kappa shape index (κ1) is 16.1. The number of aromatic amines is 1. The minimum atomic E-state index is -3.69. The van der Waals surface area contributed by atoms with Crippen LogP contribution in [0.25, 0.3) is 0 Å². The zero-order valence-corrected chi connectivity index (χ0v) is 12.3. The second-order valence-electron chi connectivity index (χ2n) is 4.63. The summed E-state index contributed by atoms with van der Waals surface area (Å²) in [5.41, 5.74) is 0.270. The highest BCUT2D eigenvalue weighted by Gasteiger charge is 2.28. The minimum Gasteiger partial charge on any atom is -0.392 e. The third kappa shape index (κ3) is 4.00. The van der Waals surface area contributed by atoms with Gasteiger partial charge in [0.2, 0.25) is 0 Å². The number of aromatic nitrogens is 2. The zero-order chi connectivity index (χ0) is 14.5. The van der Waals surface area contributed by atoms with E-state index < -0.39 is 10.0 Å². The average Bonchev–Trinajstić information content (AvgIpc) is 2.82. The highest BCUT2D eigenvalue weighted by molar-refractivity contribution is 7.89. The maximum atomic E-state index is 12.5. The van der Waals surface area contributed by atoms with E-state index in [1.807, 2.05) is 13.8 Å². The van der Waals surface area contributed by atoms with Crippen LogP contribution in [-0.2, 0) is 21.4 Å². The standard InChI is InChI=1S/C11H21N3O4S/c1-9(2)7-14(4-5-18-3)19(16,17)11-10(8-15)6-12-13-11/h6,9,15H,4-5,7-8H2,1-3H3,(H,12,13). The van der Waals surface area contributed by atoms with Crippen molar-refractivity contribution in [1.82, 2.24) is 14.5 Å². The first-order valence-electron chi connectivity index (χ1n) is 6.05. The molecule has 0 radical (unpaired) electrons. The number of ether oxygens (including phenoxy) is 1. The Morgan fingerprint density at radius 3 is 2.74 bits per heavy atom. The van der Waals surface area contributed by atoms with Crippen LogP contribution in [0.4, 0.5) is 0 Å². The molecule has 110 valence electrons. The summed E-state index contributed by atoms with van der Waals surface area (Å²) in [4.78, 5) is 0. The van der Waals surface area contributed by atoms with Crippen molar-refractivity contribution in [3.63, 3.8) is 0 Å². The Labute approximate surface area is 113 Å². The number of sulfonamides is 1. The second kappa shape index (κ2) is 6.99. The van der Waals surface area contributed by atoms with Gasteiger partial charge in [0.1, 0.15) is 0 Å². The van der Waals surface area contributed by atoms with E-state index in [-0.39, 0.29) is 29.7 Å². The first-order valence-corrected chi connectivity index (χ1v) is 7.49. The first-order chi connectivity index (χ1) is 8.93. The van der Waals surface area contributed by atoms with Crippen molar-refractivity contribution in [1.29, 1.82) is 0 Å². The lowest BCUT2D eigenvalue weighted by atomic mass is 10.2. The van der Waals surface area contributed by atoms with Gasteiger partial charge in [-0.25, -0.2) is 8.42 Å². The molecule has 19 heavy (non-hydrogen) atoms. The monoisotopic (exact) mass is 291 g/mol. The molecule has 0 spiro atoms. The highest BCUT2D eigenvalue weighted by atomic mass is 32.2. The summed E-state index contributed by atoms with van der Waals surface area (Å²) in [6, 6.07) is 0. The normalized spacial score (nSPS) is 12.5. The Bertz CT molecular complexity index is 484. The number of nitrogens with one attached hydrogen (secondary N) is 1. The molecule has 0 aliphatic rings. The number of hydrogen-bond acceptors (Lipinski definition) is 5. The van der Waals surface area contributed by atoms with E-state index in [1.54, 1.807) is 0 Å². The highest BCUT2D eigenvalue weighted by Crippen LogP contribution is 2.18. The van der Waals surface area contributed by atoms with Crippen molar-refractivity contribution < 1.29 is 18.3 Å². The molecule has 0 saturated carbocycles. The summed E-state index contributed by atoms with van der Waals surface area (Å²) in [6.07, 6.45) is 1.32. The van der Waals surface area contributed by atoms with Crippen molar-refractivity contribution in [3.8, 4) is 0 Å². The molecule has 0 bridgehead atoms. The van der Waals surface area contributed by atoms with Crippen molar-refractivity contribution in [2.75, 3.05) is 26.8 Å². The molecule has 0 aliphatic carbocycles. The fourth-order valence-corrected chi connectivity index (χ4v) is 3.36. The van der Waals surface area contributed by atoms with Gasteiger partial charge in [0, 0.05) is 25.8 Å². The predicted octanol–water partition coefficient (Wildman–Crippen LogP) is 0.195. The molecule has 1 aromatic rings. The van der Waals surface area contributed by atoms with E-state index >= 15 is 0 Å². The fraction of sp³-hybridized carbons (Fsp3) is 0.727. The van der Waals surface area contributed by atoms with Gasteiger partial charge in [0.15, 0.2) is 5.03 Å². The number of rotatable bonds is 8. The minimum absolute atomic E-state index is 0.0493. The van der Waals surface area contributed by atoms with Gasteiger partial charge in [-0.3, -0.25) is 5.10 Å². The summed E-state index contributed by atoms with van der Waals surface area (Å²) in [5, 5.41) is 15.2. The maximum Gasteiger partial charge on any atom is 0.260 e. The number of aliphatic hydroxyl groups is 1. The van der Waals surface area contributed by atoms with Gasteiger partial charge < -0.3 is 9.84 Å². The molecular weight excluding hydrogens is 270 g/mol. The average molecular weight is 291 g/mol. The van der Waals surface area contributed by atoms with E-state index in [4.69, 9.17) is 9.84 Å². The lowest BCUT2D eigenvalue weighted by Gasteiger charge is -2.23. The van der Waals surface area contributed by atoms with E-state index in [0.717, 1.165) is 0 Å². The van der Waals surface area contributed by atoms with Crippen LogP contribution in [-0.4, -0.2) is 54.8 Å².